The maximum absolute atomic E-state index is 13.8. The fourth-order valence-electron chi connectivity index (χ4n) is 5.95. The van der Waals surface area contributed by atoms with E-state index in [1.165, 1.54) is 37.0 Å². The summed E-state index contributed by atoms with van der Waals surface area (Å²) in [5.41, 5.74) is 5.01. The van der Waals surface area contributed by atoms with Crippen LogP contribution in [0.4, 0.5) is 21.9 Å². The largest absolute Gasteiger partial charge is 0.481 e. The number of aliphatic carboxylic acids is 1. The number of rotatable bonds is 13. The average Bonchev–Trinajstić information content (AvgIpc) is 3.11. The van der Waals surface area contributed by atoms with Gasteiger partial charge in [0, 0.05) is 29.2 Å². The van der Waals surface area contributed by atoms with Crippen LogP contribution >= 0.6 is 0 Å². The Balaban J connectivity index is 1.32. The number of carbonyl (C=O) groups excluding carboxylic acids is 2. The van der Waals surface area contributed by atoms with E-state index in [0.29, 0.717) is 28.5 Å². The first-order valence-corrected chi connectivity index (χ1v) is 18.1. The van der Waals surface area contributed by atoms with Gasteiger partial charge in [0.2, 0.25) is 0 Å². The van der Waals surface area contributed by atoms with Gasteiger partial charge in [-0.2, -0.15) is 0 Å². The van der Waals surface area contributed by atoms with Crippen molar-refractivity contribution in [3.63, 3.8) is 0 Å². The van der Waals surface area contributed by atoms with E-state index in [9.17, 15) is 22.8 Å². The van der Waals surface area contributed by atoms with Gasteiger partial charge < -0.3 is 15.7 Å². The number of benzene rings is 4. The number of hydrogen-bond acceptors (Lipinski definition) is 5. The van der Waals surface area contributed by atoms with E-state index in [2.05, 4.69) is 27.5 Å². The lowest BCUT2D eigenvalue weighted by molar-refractivity contribution is -0.136. The number of hydrogen-bond donors (Lipinski definition) is 4. The van der Waals surface area contributed by atoms with E-state index >= 15 is 0 Å². The van der Waals surface area contributed by atoms with Crippen molar-refractivity contribution in [3.05, 3.63) is 119 Å². The van der Waals surface area contributed by atoms with Crippen molar-refractivity contribution in [3.8, 4) is 0 Å². The van der Waals surface area contributed by atoms with E-state index in [4.69, 9.17) is 5.11 Å². The van der Waals surface area contributed by atoms with Crippen molar-refractivity contribution in [2.24, 2.45) is 0 Å². The Hall–Kier alpha value is -5.16. The number of carboxylic acids is 1. The number of nitrogens with zero attached hydrogens (tertiary/aromatic N) is 1. The van der Waals surface area contributed by atoms with Crippen molar-refractivity contribution < 1.29 is 27.9 Å². The van der Waals surface area contributed by atoms with Crippen molar-refractivity contribution in [2.45, 2.75) is 69.2 Å². The van der Waals surface area contributed by atoms with Crippen LogP contribution in [0.5, 0.6) is 0 Å². The second kappa shape index (κ2) is 16.3. The Kier molecular flexibility index (Phi) is 11.7. The molecular formula is C38H42N4O6S. The van der Waals surface area contributed by atoms with Crippen LogP contribution in [0.3, 0.4) is 0 Å². The van der Waals surface area contributed by atoms with Crippen LogP contribution in [0, 0.1) is 0 Å². The molecule has 11 heteroatoms. The van der Waals surface area contributed by atoms with Gasteiger partial charge >= 0.3 is 12.0 Å². The van der Waals surface area contributed by atoms with Crippen LogP contribution in [0.15, 0.2) is 102 Å². The maximum atomic E-state index is 13.8. The van der Waals surface area contributed by atoms with Crippen LogP contribution in [-0.4, -0.2) is 38.0 Å². The number of sulfonamides is 1. The highest BCUT2D eigenvalue weighted by atomic mass is 32.2. The summed E-state index contributed by atoms with van der Waals surface area (Å²) in [6.45, 7) is 2.22. The average molecular weight is 683 g/mol. The third-order valence-corrected chi connectivity index (χ3v) is 10.1. The lowest BCUT2D eigenvalue weighted by atomic mass is 9.84. The monoisotopic (exact) mass is 682 g/mol. The molecule has 3 amide bonds. The molecule has 0 atom stereocenters. The minimum atomic E-state index is -3.84. The van der Waals surface area contributed by atoms with Gasteiger partial charge in [0.1, 0.15) is 0 Å². The Morgan fingerprint density at radius 2 is 1.51 bits per heavy atom. The highest BCUT2D eigenvalue weighted by Crippen LogP contribution is 2.34. The van der Waals surface area contributed by atoms with Crippen molar-refractivity contribution in [1.29, 1.82) is 0 Å². The molecule has 49 heavy (non-hydrogen) atoms. The molecule has 0 aromatic heterocycles. The fraction of sp³-hybridized carbons (Fsp3) is 0.289. The molecule has 10 nitrogen and oxygen atoms in total. The molecule has 0 saturated heterocycles. The molecular weight excluding hydrogens is 641 g/mol. The van der Waals surface area contributed by atoms with E-state index in [0.717, 1.165) is 30.4 Å². The standard InChI is InChI=1S/C38H42N4O6S/c1-2-27-7-6-10-33(25-27)41-49(47,48)35-21-17-32(18-22-35)40-38(46)42(34-19-15-30(16-20-34)29-8-4-3-5-9-29)26-28-11-13-31(14-12-28)37(45)39-24-23-36(43)44/h6-7,10-22,25,29,41H,2-5,8-9,23-24,26H2,1H3,(H,39,45)(H,40,46)(H,43,44). The minimum Gasteiger partial charge on any atom is -0.481 e. The molecule has 1 saturated carbocycles. The summed E-state index contributed by atoms with van der Waals surface area (Å²) in [6, 6.07) is 27.7. The first kappa shape index (κ1) is 35.2. The maximum Gasteiger partial charge on any atom is 0.326 e. The lowest BCUT2D eigenvalue weighted by Gasteiger charge is -2.26. The Labute approximate surface area is 287 Å². The summed E-state index contributed by atoms with van der Waals surface area (Å²) in [5, 5.41) is 14.3. The zero-order valence-corrected chi connectivity index (χ0v) is 28.3. The van der Waals surface area contributed by atoms with Gasteiger partial charge in [-0.05, 0) is 103 Å². The third-order valence-electron chi connectivity index (χ3n) is 8.71. The number of carboxylic acid groups (broad SMARTS) is 1. The Morgan fingerprint density at radius 3 is 2.16 bits per heavy atom. The van der Waals surface area contributed by atoms with Crippen LogP contribution < -0.4 is 20.3 Å². The molecule has 1 aliphatic carbocycles. The molecule has 5 rings (SSSR count). The van der Waals surface area contributed by atoms with E-state index < -0.39 is 22.0 Å². The van der Waals surface area contributed by atoms with Crippen LogP contribution in [0.1, 0.15) is 78.4 Å². The minimum absolute atomic E-state index is 0.0248. The zero-order valence-electron chi connectivity index (χ0n) is 27.5. The number of carbonyl (C=O) groups is 3. The summed E-state index contributed by atoms with van der Waals surface area (Å²) >= 11 is 0. The van der Waals surface area contributed by atoms with Gasteiger partial charge in [-0.25, -0.2) is 13.2 Å². The number of amides is 3. The summed E-state index contributed by atoms with van der Waals surface area (Å²) in [7, 11) is -3.84. The quantitative estimate of drug-likeness (QED) is 0.115. The van der Waals surface area contributed by atoms with E-state index in [-0.39, 0.29) is 30.3 Å². The summed E-state index contributed by atoms with van der Waals surface area (Å²) in [4.78, 5) is 38.7. The molecule has 0 radical (unpaired) electrons. The van der Waals surface area contributed by atoms with Gasteiger partial charge in [-0.3, -0.25) is 19.2 Å². The van der Waals surface area contributed by atoms with E-state index in [1.807, 2.05) is 25.1 Å². The molecule has 256 valence electrons. The predicted octanol–water partition coefficient (Wildman–Crippen LogP) is 7.54. The molecule has 4 aromatic rings. The van der Waals surface area contributed by atoms with Crippen molar-refractivity contribution >= 4 is 45.0 Å². The molecule has 4 N–H and O–H groups in total. The first-order chi connectivity index (χ1) is 23.6. The highest BCUT2D eigenvalue weighted by Gasteiger charge is 2.21. The predicted molar refractivity (Wildman–Crippen MR) is 192 cm³/mol. The summed E-state index contributed by atoms with van der Waals surface area (Å²) in [5.74, 6) is -0.859. The topological polar surface area (TPSA) is 145 Å². The summed E-state index contributed by atoms with van der Waals surface area (Å²) in [6.07, 6.45) is 6.63. The van der Waals surface area contributed by atoms with Crippen LogP contribution in [-0.2, 0) is 27.8 Å². The fourth-order valence-corrected chi connectivity index (χ4v) is 7.00. The molecule has 0 aliphatic heterocycles. The second-order valence-corrected chi connectivity index (χ2v) is 13.9. The normalized spacial score (nSPS) is 13.3. The number of anilines is 3. The second-order valence-electron chi connectivity index (χ2n) is 12.2. The van der Waals surface area contributed by atoms with E-state index in [1.54, 1.807) is 59.5 Å². The molecule has 0 heterocycles. The number of nitrogens with one attached hydrogen (secondary N) is 3. The van der Waals surface area contributed by atoms with Gasteiger partial charge in [-0.1, -0.05) is 62.6 Å². The molecule has 4 aromatic carbocycles. The lowest BCUT2D eigenvalue weighted by Crippen LogP contribution is -2.34. The van der Waals surface area contributed by atoms with Gasteiger partial charge in [0.25, 0.3) is 15.9 Å². The van der Waals surface area contributed by atoms with Crippen molar-refractivity contribution in [1.82, 2.24) is 5.32 Å². The molecule has 0 bridgehead atoms. The first-order valence-electron chi connectivity index (χ1n) is 16.6. The molecule has 0 spiro atoms. The molecule has 1 aliphatic rings. The van der Waals surface area contributed by atoms with Gasteiger partial charge in [0.15, 0.2) is 0 Å². The van der Waals surface area contributed by atoms with Gasteiger partial charge in [-0.15, -0.1) is 0 Å². The Bertz CT molecular complexity index is 1850. The van der Waals surface area contributed by atoms with Gasteiger partial charge in [0.05, 0.1) is 17.9 Å². The number of urea groups is 1. The number of aryl methyl sites for hydroxylation is 1. The zero-order chi connectivity index (χ0) is 34.8. The Morgan fingerprint density at radius 1 is 0.816 bits per heavy atom. The molecule has 0 unspecified atom stereocenters. The van der Waals surface area contributed by atoms with Crippen molar-refractivity contribution in [2.75, 3.05) is 21.5 Å². The summed E-state index contributed by atoms with van der Waals surface area (Å²) < 4.78 is 28.7. The van der Waals surface area contributed by atoms with Crippen LogP contribution in [0.2, 0.25) is 0 Å². The van der Waals surface area contributed by atoms with Crippen LogP contribution in [0.25, 0.3) is 0 Å². The SMILES string of the molecule is CCc1cccc(NS(=O)(=O)c2ccc(NC(=O)N(Cc3ccc(C(=O)NCCC(=O)O)cc3)c3ccc(C4CCCCC4)cc3)cc2)c1. The molecule has 1 fully saturated rings. The smallest absolute Gasteiger partial charge is 0.326 e. The third kappa shape index (κ3) is 9.70. The highest BCUT2D eigenvalue weighted by molar-refractivity contribution is 7.92.